The summed E-state index contributed by atoms with van der Waals surface area (Å²) >= 11 is 0. The first kappa shape index (κ1) is 18.7. The van der Waals surface area contributed by atoms with Gasteiger partial charge in [-0.1, -0.05) is 24.3 Å². The van der Waals surface area contributed by atoms with Gasteiger partial charge >= 0.3 is 0 Å². The average molecular weight is 392 g/mol. The Hall–Kier alpha value is -3.67. The molecular weight excluding hydrogens is 372 g/mol. The number of hydrogen-bond acceptors (Lipinski definition) is 6. The van der Waals surface area contributed by atoms with Crippen molar-refractivity contribution in [3.05, 3.63) is 65.2 Å². The Morgan fingerprint density at radius 3 is 2.28 bits per heavy atom. The number of ether oxygens (including phenoxy) is 4. The number of benzene rings is 3. The van der Waals surface area contributed by atoms with E-state index in [0.29, 0.717) is 35.2 Å². The summed E-state index contributed by atoms with van der Waals surface area (Å²) in [5.41, 5.74) is 3.24. The van der Waals surface area contributed by atoms with Crippen molar-refractivity contribution < 1.29 is 28.8 Å². The van der Waals surface area contributed by atoms with Crippen LogP contribution in [-0.4, -0.2) is 32.2 Å². The molecule has 1 heterocycles. The summed E-state index contributed by atoms with van der Waals surface area (Å²) < 4.78 is 21.7. The van der Waals surface area contributed by atoms with Crippen molar-refractivity contribution in [2.45, 2.75) is 6.61 Å². The number of carbonyl (C=O) groups is 1. The van der Waals surface area contributed by atoms with Crippen molar-refractivity contribution in [2.24, 2.45) is 0 Å². The van der Waals surface area contributed by atoms with Crippen LogP contribution < -0.4 is 18.9 Å². The second kappa shape index (κ2) is 7.39. The minimum Gasteiger partial charge on any atom is -0.507 e. The van der Waals surface area contributed by atoms with Crippen molar-refractivity contribution >= 4 is 5.78 Å². The van der Waals surface area contributed by atoms with E-state index in [9.17, 15) is 9.90 Å². The van der Waals surface area contributed by atoms with E-state index in [4.69, 9.17) is 18.9 Å². The van der Waals surface area contributed by atoms with Gasteiger partial charge in [0, 0.05) is 17.2 Å². The maximum absolute atomic E-state index is 13.2. The van der Waals surface area contributed by atoms with Gasteiger partial charge in [0.15, 0.2) is 17.3 Å². The molecular formula is C23H20O6. The number of phenolic OH excluding ortho intramolecular Hbond substituents is 1. The number of ketones is 1. The molecule has 1 aliphatic heterocycles. The van der Waals surface area contributed by atoms with Crippen molar-refractivity contribution in [1.82, 2.24) is 0 Å². The van der Waals surface area contributed by atoms with E-state index in [2.05, 4.69) is 0 Å². The van der Waals surface area contributed by atoms with Crippen LogP contribution in [0.3, 0.4) is 0 Å². The third-order valence-electron chi connectivity index (χ3n) is 4.96. The second-order valence-corrected chi connectivity index (χ2v) is 6.55. The Balaban J connectivity index is 1.84. The smallest absolute Gasteiger partial charge is 0.203 e. The van der Waals surface area contributed by atoms with Crippen molar-refractivity contribution in [3.8, 4) is 39.9 Å². The number of aromatic hydroxyl groups is 1. The molecule has 6 nitrogen and oxygen atoms in total. The Morgan fingerprint density at radius 1 is 0.931 bits per heavy atom. The first-order chi connectivity index (χ1) is 14.1. The van der Waals surface area contributed by atoms with E-state index in [1.54, 1.807) is 18.2 Å². The molecule has 4 rings (SSSR count). The molecule has 0 fully saturated rings. The highest BCUT2D eigenvalue weighted by Gasteiger charge is 2.24. The average Bonchev–Trinajstić information content (AvgIpc) is 2.76. The van der Waals surface area contributed by atoms with Gasteiger partial charge in [0.25, 0.3) is 0 Å². The summed E-state index contributed by atoms with van der Waals surface area (Å²) in [6.07, 6.45) is 0. The number of carbonyl (C=O) groups excluding carboxylic acids is 1. The summed E-state index contributed by atoms with van der Waals surface area (Å²) in [7, 11) is 4.46. The minimum absolute atomic E-state index is 0.151. The number of phenols is 1. The van der Waals surface area contributed by atoms with Gasteiger partial charge in [-0.3, -0.25) is 4.79 Å². The third-order valence-corrected chi connectivity index (χ3v) is 4.96. The number of methoxy groups -OCH3 is 3. The van der Waals surface area contributed by atoms with E-state index in [0.717, 1.165) is 16.7 Å². The van der Waals surface area contributed by atoms with Crippen LogP contribution in [0.15, 0.2) is 48.5 Å². The standard InChI is InChI=1S/C23H20O6/c1-26-20-8-14(9-21(27-2)23(20)28-3)22(25)17-10-16-15-7-5-4-6-13(15)12-29-19(16)11-18(17)24/h4-11,24H,12H2,1-3H3. The molecule has 0 atom stereocenters. The Morgan fingerprint density at radius 2 is 1.62 bits per heavy atom. The highest BCUT2D eigenvalue weighted by molar-refractivity contribution is 6.12. The molecule has 6 heteroatoms. The Labute approximate surface area is 168 Å². The van der Waals surface area contributed by atoms with E-state index in [1.165, 1.54) is 27.4 Å². The number of fused-ring (bicyclic) bond motifs is 3. The molecule has 0 amide bonds. The monoisotopic (exact) mass is 392 g/mol. The van der Waals surface area contributed by atoms with Gasteiger partial charge in [0.1, 0.15) is 18.1 Å². The number of hydrogen-bond donors (Lipinski definition) is 1. The molecule has 0 spiro atoms. The van der Waals surface area contributed by atoms with Crippen LogP contribution in [0.4, 0.5) is 0 Å². The summed E-state index contributed by atoms with van der Waals surface area (Å²) in [5, 5.41) is 10.5. The predicted octanol–water partition coefficient (Wildman–Crippen LogP) is 4.21. The molecule has 0 bridgehead atoms. The van der Waals surface area contributed by atoms with Crippen LogP contribution >= 0.6 is 0 Å². The molecule has 0 unspecified atom stereocenters. The highest BCUT2D eigenvalue weighted by Crippen LogP contribution is 2.43. The minimum atomic E-state index is -0.368. The molecule has 3 aromatic carbocycles. The van der Waals surface area contributed by atoms with Crippen molar-refractivity contribution in [3.63, 3.8) is 0 Å². The lowest BCUT2D eigenvalue weighted by molar-refractivity contribution is 0.103. The van der Waals surface area contributed by atoms with Crippen LogP contribution in [0, 0.1) is 0 Å². The maximum Gasteiger partial charge on any atom is 0.203 e. The fraction of sp³-hybridized carbons (Fsp3) is 0.174. The molecule has 1 N–H and O–H groups in total. The largest absolute Gasteiger partial charge is 0.507 e. The first-order valence-electron chi connectivity index (χ1n) is 9.00. The van der Waals surface area contributed by atoms with Crippen molar-refractivity contribution in [1.29, 1.82) is 0 Å². The van der Waals surface area contributed by atoms with E-state index < -0.39 is 0 Å². The molecule has 0 aliphatic carbocycles. The van der Waals surface area contributed by atoms with Crippen LogP contribution in [0.1, 0.15) is 21.5 Å². The van der Waals surface area contributed by atoms with E-state index >= 15 is 0 Å². The molecule has 0 saturated carbocycles. The summed E-state index contributed by atoms with van der Waals surface area (Å²) in [6.45, 7) is 0.419. The van der Waals surface area contributed by atoms with E-state index in [1.807, 2.05) is 24.3 Å². The summed E-state index contributed by atoms with van der Waals surface area (Å²) in [6, 6.07) is 14.1. The lowest BCUT2D eigenvalue weighted by Crippen LogP contribution is -2.08. The van der Waals surface area contributed by atoms with Crippen LogP contribution in [-0.2, 0) is 6.61 Å². The summed E-state index contributed by atoms with van der Waals surface area (Å²) in [5.74, 6) is 1.14. The zero-order chi connectivity index (χ0) is 20.5. The van der Waals surface area contributed by atoms with Gasteiger partial charge in [0.2, 0.25) is 5.75 Å². The molecule has 148 valence electrons. The molecule has 0 radical (unpaired) electrons. The zero-order valence-corrected chi connectivity index (χ0v) is 16.3. The van der Waals surface area contributed by atoms with Gasteiger partial charge in [-0.05, 0) is 29.3 Å². The van der Waals surface area contributed by atoms with Crippen LogP contribution in [0.2, 0.25) is 0 Å². The van der Waals surface area contributed by atoms with E-state index in [-0.39, 0.29) is 17.1 Å². The quantitative estimate of drug-likeness (QED) is 0.656. The lowest BCUT2D eigenvalue weighted by atomic mass is 9.92. The van der Waals surface area contributed by atoms with Crippen LogP contribution in [0.25, 0.3) is 11.1 Å². The topological polar surface area (TPSA) is 74.2 Å². The Kier molecular flexibility index (Phi) is 4.76. The maximum atomic E-state index is 13.2. The molecule has 0 aromatic heterocycles. The molecule has 0 saturated heterocycles. The SMILES string of the molecule is COc1cc(C(=O)c2cc3c(cc2O)OCc2ccccc2-3)cc(OC)c1OC. The van der Waals surface area contributed by atoms with Gasteiger partial charge in [-0.2, -0.15) is 0 Å². The van der Waals surface area contributed by atoms with Gasteiger partial charge < -0.3 is 24.1 Å². The van der Waals surface area contributed by atoms with Crippen LogP contribution in [0.5, 0.6) is 28.7 Å². The third kappa shape index (κ3) is 3.12. The first-order valence-corrected chi connectivity index (χ1v) is 9.00. The van der Waals surface area contributed by atoms with Gasteiger partial charge in [-0.25, -0.2) is 0 Å². The summed E-state index contributed by atoms with van der Waals surface area (Å²) in [4.78, 5) is 13.2. The molecule has 29 heavy (non-hydrogen) atoms. The zero-order valence-electron chi connectivity index (χ0n) is 16.3. The van der Waals surface area contributed by atoms with Crippen molar-refractivity contribution in [2.75, 3.05) is 21.3 Å². The predicted molar refractivity (Wildman–Crippen MR) is 107 cm³/mol. The lowest BCUT2D eigenvalue weighted by Gasteiger charge is -2.22. The van der Waals surface area contributed by atoms with Gasteiger partial charge in [0.05, 0.1) is 26.9 Å². The fourth-order valence-corrected chi connectivity index (χ4v) is 3.51. The highest BCUT2D eigenvalue weighted by atomic mass is 16.5. The fourth-order valence-electron chi connectivity index (χ4n) is 3.51. The number of rotatable bonds is 5. The molecule has 1 aliphatic rings. The second-order valence-electron chi connectivity index (χ2n) is 6.55. The Bertz CT molecular complexity index is 1080. The molecule has 3 aromatic rings. The van der Waals surface area contributed by atoms with Gasteiger partial charge in [-0.15, -0.1) is 0 Å². The normalized spacial score (nSPS) is 11.7.